The number of hydrogen-bond acceptors (Lipinski definition) is 8. The summed E-state index contributed by atoms with van der Waals surface area (Å²) in [6.45, 7) is 7.35. The summed E-state index contributed by atoms with van der Waals surface area (Å²) in [5.41, 5.74) is 8.19. The second-order valence-electron chi connectivity index (χ2n) is 15.1. The Morgan fingerprint density at radius 1 is 0.500 bits per heavy atom. The van der Waals surface area contributed by atoms with Crippen LogP contribution in [0.15, 0.2) is 24.3 Å². The number of aromatic amines is 2. The molecule has 0 aliphatic carbocycles. The molecule has 4 fully saturated rings. The van der Waals surface area contributed by atoms with Crippen molar-refractivity contribution in [1.29, 1.82) is 0 Å². The van der Waals surface area contributed by atoms with Crippen molar-refractivity contribution in [3.8, 4) is 23.0 Å². The Morgan fingerprint density at radius 2 is 0.920 bits per heavy atom. The topological polar surface area (TPSA) is 81.5 Å². The third-order valence-electron chi connectivity index (χ3n) is 12.9. The Labute approximate surface area is 295 Å². The van der Waals surface area contributed by atoms with Gasteiger partial charge in [-0.25, -0.2) is 0 Å². The quantitative estimate of drug-likeness (QED) is 0.249. The molecule has 50 heavy (non-hydrogen) atoms. The number of fused-ring (bicyclic) bond motifs is 14. The number of hydrogen-bond donors (Lipinski definition) is 2. The summed E-state index contributed by atoms with van der Waals surface area (Å²) in [7, 11) is 6.83. The SMILES string of the molecule is COc1cc2[nH]c3c(c2cc1OC)CCN1[C@@H]3CCN2CCCC[C@H]21.COc1cc2[nH]c3c(c2cc1OC)CCN1[C@H]3CCN2CCCC[C@@H]21. The maximum atomic E-state index is 5.53. The Hall–Kier alpha value is -3.44. The second-order valence-corrected chi connectivity index (χ2v) is 15.1. The molecule has 4 saturated heterocycles. The average molecular weight is 683 g/mol. The number of piperidine rings is 2. The van der Waals surface area contributed by atoms with E-state index in [1.807, 2.05) is 0 Å². The smallest absolute Gasteiger partial charge is 0.162 e. The maximum absolute atomic E-state index is 5.53. The number of nitrogens with zero attached hydrogens (tertiary/aromatic N) is 4. The van der Waals surface area contributed by atoms with Gasteiger partial charge >= 0.3 is 0 Å². The van der Waals surface area contributed by atoms with Gasteiger partial charge < -0.3 is 28.9 Å². The van der Waals surface area contributed by atoms with E-state index in [0.29, 0.717) is 24.4 Å². The molecule has 2 N–H and O–H groups in total. The van der Waals surface area contributed by atoms with Crippen molar-refractivity contribution in [3.05, 3.63) is 46.8 Å². The number of methoxy groups -OCH3 is 4. The molecule has 0 radical (unpaired) electrons. The van der Waals surface area contributed by atoms with Gasteiger partial charge in [0.15, 0.2) is 23.0 Å². The van der Waals surface area contributed by atoms with Crippen molar-refractivity contribution < 1.29 is 18.9 Å². The molecule has 10 rings (SSSR count). The van der Waals surface area contributed by atoms with Crippen LogP contribution in [0.25, 0.3) is 21.8 Å². The Balaban J connectivity index is 0.000000135. The van der Waals surface area contributed by atoms with Crippen molar-refractivity contribution in [3.63, 3.8) is 0 Å². The maximum Gasteiger partial charge on any atom is 0.162 e. The molecule has 6 aliphatic rings. The van der Waals surface area contributed by atoms with Gasteiger partial charge in [-0.05, 0) is 101 Å². The summed E-state index contributed by atoms with van der Waals surface area (Å²) >= 11 is 0. The number of aromatic nitrogens is 2. The van der Waals surface area contributed by atoms with Crippen LogP contribution >= 0.6 is 0 Å². The molecule has 0 amide bonds. The van der Waals surface area contributed by atoms with E-state index in [0.717, 1.165) is 35.8 Å². The Bertz CT molecular complexity index is 1730. The lowest BCUT2D eigenvalue weighted by Crippen LogP contribution is -2.58. The van der Waals surface area contributed by atoms with Gasteiger partial charge in [0.05, 0.1) is 52.9 Å². The molecule has 4 aromatic rings. The van der Waals surface area contributed by atoms with Crippen LogP contribution in [0.1, 0.15) is 86.0 Å². The van der Waals surface area contributed by atoms with Gasteiger partial charge in [-0.2, -0.15) is 0 Å². The van der Waals surface area contributed by atoms with Crippen LogP contribution in [-0.2, 0) is 12.8 Å². The van der Waals surface area contributed by atoms with E-state index in [2.05, 4.69) is 53.8 Å². The molecule has 0 bridgehead atoms. The van der Waals surface area contributed by atoms with Crippen molar-refractivity contribution in [1.82, 2.24) is 29.6 Å². The first-order valence-electron chi connectivity index (χ1n) is 19.1. The Morgan fingerprint density at radius 3 is 1.34 bits per heavy atom. The molecule has 2 aromatic heterocycles. The predicted octanol–water partition coefficient (Wildman–Crippen LogP) is 6.60. The lowest BCUT2D eigenvalue weighted by atomic mass is 9.90. The first kappa shape index (κ1) is 32.5. The average Bonchev–Trinajstić information content (AvgIpc) is 3.74. The van der Waals surface area contributed by atoms with E-state index < -0.39 is 0 Å². The van der Waals surface area contributed by atoms with Crippen LogP contribution < -0.4 is 18.9 Å². The molecule has 0 saturated carbocycles. The number of ether oxygens (including phenoxy) is 4. The summed E-state index contributed by atoms with van der Waals surface area (Å²) in [6.07, 6.45) is 14.1. The van der Waals surface area contributed by atoms with Gasteiger partial charge in [0.1, 0.15) is 0 Å². The van der Waals surface area contributed by atoms with Crippen LogP contribution in [0, 0.1) is 0 Å². The predicted molar refractivity (Wildman–Crippen MR) is 197 cm³/mol. The third kappa shape index (κ3) is 5.28. The first-order valence-corrected chi connectivity index (χ1v) is 19.1. The van der Waals surface area contributed by atoms with Gasteiger partial charge in [-0.15, -0.1) is 0 Å². The van der Waals surface area contributed by atoms with E-state index >= 15 is 0 Å². The van der Waals surface area contributed by atoms with Gasteiger partial charge in [0.2, 0.25) is 0 Å². The molecule has 268 valence electrons. The van der Waals surface area contributed by atoms with E-state index in [9.17, 15) is 0 Å². The summed E-state index contributed by atoms with van der Waals surface area (Å²) in [5, 5.41) is 2.61. The molecule has 8 heterocycles. The number of benzene rings is 2. The van der Waals surface area contributed by atoms with Crippen LogP contribution in [0.5, 0.6) is 23.0 Å². The zero-order valence-electron chi connectivity index (χ0n) is 30.4. The lowest BCUT2D eigenvalue weighted by Gasteiger charge is -2.52. The molecule has 6 aliphatic heterocycles. The van der Waals surface area contributed by atoms with Gasteiger partial charge in [-0.3, -0.25) is 19.6 Å². The van der Waals surface area contributed by atoms with E-state index in [1.54, 1.807) is 28.4 Å². The summed E-state index contributed by atoms with van der Waals surface area (Å²) in [6, 6.07) is 9.54. The monoisotopic (exact) mass is 682 g/mol. The molecule has 4 atom stereocenters. The molecule has 0 unspecified atom stereocenters. The molecule has 0 spiro atoms. The second kappa shape index (κ2) is 13.3. The van der Waals surface area contributed by atoms with Crippen LogP contribution in [0.2, 0.25) is 0 Å². The minimum Gasteiger partial charge on any atom is -0.493 e. The van der Waals surface area contributed by atoms with Gasteiger partial charge in [0, 0.05) is 71.5 Å². The molecule has 10 nitrogen and oxygen atoms in total. The summed E-state index contributed by atoms with van der Waals surface area (Å²) in [4.78, 5) is 18.4. The third-order valence-corrected chi connectivity index (χ3v) is 12.9. The minimum atomic E-state index is 0.535. The summed E-state index contributed by atoms with van der Waals surface area (Å²) in [5.74, 6) is 3.24. The molecular formula is C40H54N6O4. The molecule has 10 heteroatoms. The highest BCUT2D eigenvalue weighted by Gasteiger charge is 2.42. The standard InChI is InChI=1S/2C20H27N3O2/c2*1-24-17-11-14-13-6-10-23-16(7-9-22-8-4-3-5-19(22)23)20(13)21-15(14)12-18(17)25-2/h2*11-12,16,19,21H,3-10H2,1-2H3/t2*16-,19-/m10/s1. The van der Waals surface area contributed by atoms with Crippen LogP contribution in [0.4, 0.5) is 0 Å². The highest BCUT2D eigenvalue weighted by atomic mass is 16.5. The van der Waals surface area contributed by atoms with Crippen molar-refractivity contribution in [2.45, 2.75) is 88.6 Å². The molecule has 2 aromatic carbocycles. The van der Waals surface area contributed by atoms with Crippen molar-refractivity contribution in [2.75, 3.05) is 67.7 Å². The summed E-state index contributed by atoms with van der Waals surface area (Å²) < 4.78 is 22.0. The molecular weight excluding hydrogens is 628 g/mol. The Kier molecular flexibility index (Phi) is 8.62. The fourth-order valence-corrected chi connectivity index (χ4v) is 10.6. The van der Waals surface area contributed by atoms with E-state index in [-0.39, 0.29) is 0 Å². The number of nitrogens with one attached hydrogen (secondary N) is 2. The number of H-pyrrole nitrogens is 2. The van der Waals surface area contributed by atoms with Crippen molar-refractivity contribution in [2.24, 2.45) is 0 Å². The fourth-order valence-electron chi connectivity index (χ4n) is 10.6. The fraction of sp³-hybridized carbons (Fsp3) is 0.600. The van der Waals surface area contributed by atoms with Gasteiger partial charge in [-0.1, -0.05) is 0 Å². The highest BCUT2D eigenvalue weighted by molar-refractivity contribution is 5.89. The zero-order valence-corrected chi connectivity index (χ0v) is 30.4. The normalized spacial score (nSPS) is 26.8. The highest BCUT2D eigenvalue weighted by Crippen LogP contribution is 2.46. The largest absolute Gasteiger partial charge is 0.493 e. The van der Waals surface area contributed by atoms with E-state index in [1.165, 1.54) is 135 Å². The van der Waals surface area contributed by atoms with Crippen molar-refractivity contribution >= 4 is 21.8 Å². The first-order chi connectivity index (χ1) is 24.6. The number of rotatable bonds is 4. The minimum absolute atomic E-state index is 0.535. The van der Waals surface area contributed by atoms with E-state index in [4.69, 9.17) is 18.9 Å². The lowest BCUT2D eigenvalue weighted by molar-refractivity contribution is -0.0600. The van der Waals surface area contributed by atoms with Crippen LogP contribution in [-0.4, -0.2) is 110 Å². The van der Waals surface area contributed by atoms with Gasteiger partial charge in [0.25, 0.3) is 0 Å². The zero-order chi connectivity index (χ0) is 33.9. The van der Waals surface area contributed by atoms with Crippen LogP contribution in [0.3, 0.4) is 0 Å².